The van der Waals surface area contributed by atoms with Crippen molar-refractivity contribution in [1.29, 1.82) is 0 Å². The largest absolute Gasteiger partial charge is 0.457 e. The Morgan fingerprint density at radius 1 is 1.00 bits per heavy atom. The molecule has 5 heteroatoms. The number of ketones is 1. The van der Waals surface area contributed by atoms with Crippen LogP contribution in [0.2, 0.25) is 0 Å². The number of fused-ring (bicyclic) bond motifs is 1. The first kappa shape index (κ1) is 20.3. The van der Waals surface area contributed by atoms with E-state index < -0.39 is 11.9 Å². The molecular weight excluding hydrogens is 378 g/mol. The van der Waals surface area contributed by atoms with Gasteiger partial charge in [0.15, 0.2) is 12.4 Å². The average molecular weight is 405 g/mol. The van der Waals surface area contributed by atoms with Gasteiger partial charge in [0.25, 0.3) is 0 Å². The number of nitrogens with zero attached hydrogens (tertiary/aromatic N) is 1. The summed E-state index contributed by atoms with van der Waals surface area (Å²) < 4.78 is 5.28. The van der Waals surface area contributed by atoms with Crippen molar-refractivity contribution in [2.45, 2.75) is 38.5 Å². The summed E-state index contributed by atoms with van der Waals surface area (Å²) in [5.74, 6) is -1.18. The number of aryl methyl sites for hydroxylation is 2. The number of likely N-dealkylation sites (tertiary alicyclic amines) is 1. The molecule has 1 saturated heterocycles. The van der Waals surface area contributed by atoms with Gasteiger partial charge in [-0.1, -0.05) is 42.5 Å². The molecule has 0 unspecified atom stereocenters. The zero-order chi connectivity index (χ0) is 20.9. The maximum atomic E-state index is 12.5. The predicted octanol–water partition coefficient (Wildman–Crippen LogP) is 3.38. The molecule has 5 nitrogen and oxygen atoms in total. The van der Waals surface area contributed by atoms with Crippen LogP contribution in [0.1, 0.15) is 46.3 Å². The topological polar surface area (TPSA) is 63.7 Å². The van der Waals surface area contributed by atoms with E-state index in [0.29, 0.717) is 18.7 Å². The number of benzene rings is 2. The first-order valence-electron chi connectivity index (χ1n) is 10.7. The van der Waals surface area contributed by atoms with Crippen molar-refractivity contribution in [3.8, 4) is 0 Å². The average Bonchev–Trinajstić information content (AvgIpc) is 3.16. The van der Waals surface area contributed by atoms with Crippen LogP contribution in [-0.4, -0.2) is 42.3 Å². The van der Waals surface area contributed by atoms with Crippen LogP contribution in [0.3, 0.4) is 0 Å². The normalized spacial score (nSPS) is 18.2. The van der Waals surface area contributed by atoms with Gasteiger partial charge in [0.05, 0.1) is 5.92 Å². The van der Waals surface area contributed by atoms with Gasteiger partial charge in [-0.15, -0.1) is 0 Å². The van der Waals surface area contributed by atoms with E-state index in [2.05, 4.69) is 0 Å². The van der Waals surface area contributed by atoms with Gasteiger partial charge in [-0.25, -0.2) is 0 Å². The van der Waals surface area contributed by atoms with Crippen LogP contribution in [0.15, 0.2) is 48.5 Å². The van der Waals surface area contributed by atoms with Crippen LogP contribution in [0, 0.1) is 5.92 Å². The number of esters is 1. The lowest BCUT2D eigenvalue weighted by Gasteiger charge is -2.17. The van der Waals surface area contributed by atoms with E-state index in [9.17, 15) is 14.4 Å². The molecule has 0 aromatic heterocycles. The first-order valence-corrected chi connectivity index (χ1v) is 10.7. The summed E-state index contributed by atoms with van der Waals surface area (Å²) in [4.78, 5) is 38.9. The zero-order valence-corrected chi connectivity index (χ0v) is 17.1. The number of carbonyl (C=O) groups excluding carboxylic acids is 3. The minimum absolute atomic E-state index is 0.0334. The van der Waals surface area contributed by atoms with E-state index in [1.165, 1.54) is 17.5 Å². The second-order valence-corrected chi connectivity index (χ2v) is 8.20. The lowest BCUT2D eigenvalue weighted by Crippen LogP contribution is -2.29. The third-order valence-corrected chi connectivity index (χ3v) is 6.08. The van der Waals surface area contributed by atoms with Crippen LogP contribution in [-0.2, 0) is 33.6 Å². The van der Waals surface area contributed by atoms with Gasteiger partial charge in [0, 0.05) is 25.1 Å². The highest BCUT2D eigenvalue weighted by Gasteiger charge is 2.35. The number of hydrogen-bond acceptors (Lipinski definition) is 4. The molecule has 1 heterocycles. The van der Waals surface area contributed by atoms with Crippen LogP contribution in [0.4, 0.5) is 0 Å². The van der Waals surface area contributed by atoms with Crippen LogP contribution >= 0.6 is 0 Å². The number of carbonyl (C=O) groups is 3. The molecule has 2 aromatic carbocycles. The lowest BCUT2D eigenvalue weighted by molar-refractivity contribution is -0.147. The molecule has 1 atom stereocenters. The second-order valence-electron chi connectivity index (χ2n) is 8.20. The van der Waals surface area contributed by atoms with Crippen LogP contribution < -0.4 is 0 Å². The molecule has 1 amide bonds. The maximum Gasteiger partial charge on any atom is 0.311 e. The summed E-state index contributed by atoms with van der Waals surface area (Å²) in [6.07, 6.45) is 5.32. The van der Waals surface area contributed by atoms with Crippen molar-refractivity contribution in [3.63, 3.8) is 0 Å². The number of hydrogen-bond donors (Lipinski definition) is 0. The van der Waals surface area contributed by atoms with Gasteiger partial charge in [0.1, 0.15) is 0 Å². The van der Waals surface area contributed by atoms with Crippen molar-refractivity contribution in [3.05, 3.63) is 70.8 Å². The number of amides is 1. The fraction of sp³-hybridized carbons (Fsp3) is 0.400. The van der Waals surface area contributed by atoms with E-state index in [1.54, 1.807) is 4.90 Å². The lowest BCUT2D eigenvalue weighted by atomic mass is 9.90. The highest BCUT2D eigenvalue weighted by atomic mass is 16.5. The van der Waals surface area contributed by atoms with Gasteiger partial charge in [-0.3, -0.25) is 14.4 Å². The van der Waals surface area contributed by atoms with Crippen molar-refractivity contribution < 1.29 is 19.1 Å². The summed E-state index contributed by atoms with van der Waals surface area (Å²) in [7, 11) is 0. The van der Waals surface area contributed by atoms with E-state index in [-0.39, 0.29) is 24.7 Å². The van der Waals surface area contributed by atoms with Crippen molar-refractivity contribution in [2.24, 2.45) is 5.92 Å². The van der Waals surface area contributed by atoms with Crippen LogP contribution in [0.5, 0.6) is 0 Å². The Bertz CT molecular complexity index is 937. The molecular formula is C25H27NO4. The minimum Gasteiger partial charge on any atom is -0.457 e. The predicted molar refractivity (Wildman–Crippen MR) is 113 cm³/mol. The monoisotopic (exact) mass is 405 g/mol. The Morgan fingerprint density at radius 2 is 1.77 bits per heavy atom. The van der Waals surface area contributed by atoms with E-state index in [0.717, 1.165) is 31.2 Å². The minimum atomic E-state index is -0.496. The fourth-order valence-electron chi connectivity index (χ4n) is 4.30. The molecule has 0 spiro atoms. The molecule has 2 aromatic rings. The molecule has 0 N–H and O–H groups in total. The smallest absolute Gasteiger partial charge is 0.311 e. The maximum absolute atomic E-state index is 12.5. The van der Waals surface area contributed by atoms with Gasteiger partial charge in [-0.2, -0.15) is 0 Å². The van der Waals surface area contributed by atoms with E-state index in [4.69, 9.17) is 4.74 Å². The molecule has 2 aliphatic rings. The number of Topliss-reactive ketones (excluding diaryl/α,β-unsaturated/α-hetero) is 1. The Labute approximate surface area is 177 Å². The number of rotatable bonds is 7. The molecule has 0 radical (unpaired) electrons. The zero-order valence-electron chi connectivity index (χ0n) is 17.1. The van der Waals surface area contributed by atoms with Crippen LogP contribution in [0.25, 0.3) is 0 Å². The Morgan fingerprint density at radius 3 is 2.57 bits per heavy atom. The summed E-state index contributed by atoms with van der Waals surface area (Å²) >= 11 is 0. The Balaban J connectivity index is 1.27. The number of ether oxygens (including phenoxy) is 1. The Kier molecular flexibility index (Phi) is 6.26. The van der Waals surface area contributed by atoms with Gasteiger partial charge < -0.3 is 9.64 Å². The molecule has 0 saturated carbocycles. The van der Waals surface area contributed by atoms with Gasteiger partial charge >= 0.3 is 5.97 Å². The summed E-state index contributed by atoms with van der Waals surface area (Å²) in [5, 5.41) is 0. The SMILES string of the molecule is O=C(COC(=O)[C@H]1CC(=O)N(CCc2ccccc2)C1)c1ccc2c(c1)CCCC2. The Hall–Kier alpha value is -2.95. The highest BCUT2D eigenvalue weighted by Crippen LogP contribution is 2.23. The van der Waals surface area contributed by atoms with Gasteiger partial charge in [0.2, 0.25) is 5.91 Å². The van der Waals surface area contributed by atoms with Crippen molar-refractivity contribution >= 4 is 17.7 Å². The summed E-state index contributed by atoms with van der Waals surface area (Å²) in [5.41, 5.74) is 4.30. The molecule has 0 bridgehead atoms. The molecule has 1 aliphatic carbocycles. The third kappa shape index (κ3) is 4.78. The van der Waals surface area contributed by atoms with E-state index in [1.807, 2.05) is 48.5 Å². The quantitative estimate of drug-likeness (QED) is 0.523. The third-order valence-electron chi connectivity index (χ3n) is 6.08. The molecule has 1 aliphatic heterocycles. The fourth-order valence-corrected chi connectivity index (χ4v) is 4.30. The highest BCUT2D eigenvalue weighted by molar-refractivity contribution is 5.98. The van der Waals surface area contributed by atoms with E-state index >= 15 is 0 Å². The molecule has 4 rings (SSSR count). The van der Waals surface area contributed by atoms with Gasteiger partial charge in [-0.05, 0) is 54.9 Å². The summed E-state index contributed by atoms with van der Waals surface area (Å²) in [6, 6.07) is 15.7. The molecule has 1 fully saturated rings. The van der Waals surface area contributed by atoms with Crippen molar-refractivity contribution in [1.82, 2.24) is 4.90 Å². The first-order chi connectivity index (χ1) is 14.6. The molecule has 156 valence electrons. The van der Waals surface area contributed by atoms with Crippen molar-refractivity contribution in [2.75, 3.05) is 19.7 Å². The summed E-state index contributed by atoms with van der Waals surface area (Å²) in [6.45, 7) is 0.671. The molecule has 30 heavy (non-hydrogen) atoms. The second kappa shape index (κ2) is 9.24. The standard InChI is InChI=1S/C25H27NO4/c27-23(21-11-10-19-8-4-5-9-20(19)14-21)17-30-25(29)22-15-24(28)26(16-22)13-12-18-6-2-1-3-7-18/h1-3,6-7,10-11,14,22H,4-5,8-9,12-13,15-17H2/t22-/m0/s1.